The Morgan fingerprint density at radius 1 is 1.26 bits per heavy atom. The van der Waals surface area contributed by atoms with Gasteiger partial charge in [-0.15, -0.1) is 0 Å². The topological polar surface area (TPSA) is 34.1 Å². The monoisotopic (exact) mass is 264 g/mol. The Hall–Kier alpha value is -0.930. The van der Waals surface area contributed by atoms with Crippen molar-refractivity contribution in [2.24, 2.45) is 5.41 Å². The van der Waals surface area contributed by atoms with Crippen LogP contribution in [0.15, 0.2) is 24.5 Å². The van der Waals surface area contributed by atoms with E-state index in [-0.39, 0.29) is 5.41 Å². The van der Waals surface area contributed by atoms with Crippen LogP contribution in [-0.2, 0) is 11.2 Å². The van der Waals surface area contributed by atoms with E-state index in [1.54, 1.807) is 0 Å². The largest absolute Gasteiger partial charge is 0.381 e. The summed E-state index contributed by atoms with van der Waals surface area (Å²) in [5, 5.41) is 3.46. The second-order valence-corrected chi connectivity index (χ2v) is 5.85. The Balaban J connectivity index is 2.06. The van der Waals surface area contributed by atoms with E-state index in [9.17, 15) is 0 Å². The number of pyridine rings is 1. The molecule has 1 rings (SSSR count). The van der Waals surface area contributed by atoms with Gasteiger partial charge in [-0.25, -0.2) is 0 Å². The molecule has 0 saturated heterocycles. The number of nitrogens with one attached hydrogen (secondary N) is 1. The molecule has 108 valence electrons. The first kappa shape index (κ1) is 16.1. The molecule has 3 nitrogen and oxygen atoms in total. The minimum Gasteiger partial charge on any atom is -0.381 e. The Kier molecular flexibility index (Phi) is 7.68. The van der Waals surface area contributed by atoms with E-state index in [1.807, 2.05) is 12.4 Å². The van der Waals surface area contributed by atoms with E-state index in [1.165, 1.54) is 12.0 Å². The van der Waals surface area contributed by atoms with Gasteiger partial charge in [0.15, 0.2) is 0 Å². The van der Waals surface area contributed by atoms with Crippen molar-refractivity contribution in [3.63, 3.8) is 0 Å². The number of aryl methyl sites for hydroxylation is 1. The van der Waals surface area contributed by atoms with Gasteiger partial charge < -0.3 is 10.1 Å². The molecule has 0 amide bonds. The van der Waals surface area contributed by atoms with Gasteiger partial charge in [0, 0.05) is 31.0 Å². The van der Waals surface area contributed by atoms with E-state index in [0.29, 0.717) is 0 Å². The summed E-state index contributed by atoms with van der Waals surface area (Å²) in [7, 11) is 0. The van der Waals surface area contributed by atoms with Crippen LogP contribution in [0.2, 0.25) is 0 Å². The van der Waals surface area contributed by atoms with Crippen molar-refractivity contribution in [3.8, 4) is 0 Å². The Morgan fingerprint density at radius 3 is 2.68 bits per heavy atom. The Morgan fingerprint density at radius 2 is 2.00 bits per heavy atom. The van der Waals surface area contributed by atoms with Crippen molar-refractivity contribution in [1.29, 1.82) is 0 Å². The molecule has 0 saturated carbocycles. The van der Waals surface area contributed by atoms with Gasteiger partial charge in [0.2, 0.25) is 0 Å². The van der Waals surface area contributed by atoms with E-state index in [0.717, 1.165) is 39.1 Å². The van der Waals surface area contributed by atoms with Gasteiger partial charge in [0.05, 0.1) is 6.61 Å². The van der Waals surface area contributed by atoms with Crippen LogP contribution in [0.1, 0.15) is 39.2 Å². The molecule has 0 bridgehead atoms. The maximum atomic E-state index is 5.80. The summed E-state index contributed by atoms with van der Waals surface area (Å²) in [6.45, 7) is 10.4. The Labute approximate surface area is 117 Å². The quantitative estimate of drug-likeness (QED) is 0.660. The molecule has 1 N–H and O–H groups in total. The highest BCUT2D eigenvalue weighted by Gasteiger charge is 2.17. The summed E-state index contributed by atoms with van der Waals surface area (Å²) in [4.78, 5) is 4.02. The van der Waals surface area contributed by atoms with Crippen molar-refractivity contribution in [3.05, 3.63) is 30.1 Å². The van der Waals surface area contributed by atoms with Crippen molar-refractivity contribution < 1.29 is 4.74 Å². The van der Waals surface area contributed by atoms with E-state index in [4.69, 9.17) is 4.74 Å². The first-order chi connectivity index (χ1) is 9.14. The number of ether oxygens (including phenoxy) is 1. The summed E-state index contributed by atoms with van der Waals surface area (Å²) in [6, 6.07) is 4.14. The first-order valence-electron chi connectivity index (χ1n) is 7.31. The molecule has 0 aliphatic heterocycles. The summed E-state index contributed by atoms with van der Waals surface area (Å²) in [5.41, 5.74) is 1.55. The average molecular weight is 264 g/mol. The van der Waals surface area contributed by atoms with Crippen molar-refractivity contribution >= 4 is 0 Å². The van der Waals surface area contributed by atoms with Crippen LogP contribution in [-0.4, -0.2) is 31.3 Å². The van der Waals surface area contributed by atoms with Crippen molar-refractivity contribution in [2.75, 3.05) is 26.3 Å². The zero-order chi connectivity index (χ0) is 14.0. The highest BCUT2D eigenvalue weighted by atomic mass is 16.5. The number of hydrogen-bond acceptors (Lipinski definition) is 3. The minimum atomic E-state index is 0.214. The molecule has 0 radical (unpaired) electrons. The fourth-order valence-electron chi connectivity index (χ4n) is 1.93. The molecule has 0 spiro atoms. The summed E-state index contributed by atoms with van der Waals surface area (Å²) in [6.07, 6.45) is 7.01. The van der Waals surface area contributed by atoms with Gasteiger partial charge >= 0.3 is 0 Å². The fraction of sp³-hybridized carbons (Fsp3) is 0.688. The van der Waals surface area contributed by atoms with Gasteiger partial charge in [-0.3, -0.25) is 4.98 Å². The molecular formula is C16H28N2O. The first-order valence-corrected chi connectivity index (χ1v) is 7.31. The smallest absolute Gasteiger partial charge is 0.0529 e. The predicted octanol–water partition coefficient (Wildman–Crippen LogP) is 3.06. The van der Waals surface area contributed by atoms with Crippen LogP contribution < -0.4 is 5.32 Å². The number of hydrogen-bond donors (Lipinski definition) is 1. The third kappa shape index (κ3) is 7.96. The standard InChI is InChI=1S/C16H28N2O/c1-4-9-18-13-16(2,3)14-19-12-5-6-15-7-10-17-11-8-15/h7-8,10-11,18H,4-6,9,12-14H2,1-3H3. The lowest BCUT2D eigenvalue weighted by Gasteiger charge is -2.24. The second-order valence-electron chi connectivity index (χ2n) is 5.85. The lowest BCUT2D eigenvalue weighted by atomic mass is 9.95. The van der Waals surface area contributed by atoms with E-state index >= 15 is 0 Å². The van der Waals surface area contributed by atoms with Gasteiger partial charge in [0.25, 0.3) is 0 Å². The molecule has 19 heavy (non-hydrogen) atoms. The number of nitrogens with zero attached hydrogens (tertiary/aromatic N) is 1. The van der Waals surface area contributed by atoms with E-state index < -0.39 is 0 Å². The molecule has 1 heterocycles. The summed E-state index contributed by atoms with van der Waals surface area (Å²) in [5.74, 6) is 0. The molecular weight excluding hydrogens is 236 g/mol. The second kappa shape index (κ2) is 9.05. The lowest BCUT2D eigenvalue weighted by molar-refractivity contribution is 0.0609. The maximum Gasteiger partial charge on any atom is 0.0529 e. The van der Waals surface area contributed by atoms with Crippen LogP contribution >= 0.6 is 0 Å². The zero-order valence-corrected chi connectivity index (χ0v) is 12.6. The van der Waals surface area contributed by atoms with Crippen LogP contribution in [0.25, 0.3) is 0 Å². The summed E-state index contributed by atoms with van der Waals surface area (Å²) < 4.78 is 5.80. The van der Waals surface area contributed by atoms with Crippen molar-refractivity contribution in [2.45, 2.75) is 40.0 Å². The Bertz CT molecular complexity index is 325. The zero-order valence-electron chi connectivity index (χ0n) is 12.6. The van der Waals surface area contributed by atoms with Crippen molar-refractivity contribution in [1.82, 2.24) is 10.3 Å². The number of aromatic nitrogens is 1. The molecule has 0 aliphatic carbocycles. The average Bonchev–Trinajstić information content (AvgIpc) is 2.39. The fourth-order valence-corrected chi connectivity index (χ4v) is 1.93. The van der Waals surface area contributed by atoms with Gasteiger partial charge in [-0.2, -0.15) is 0 Å². The molecule has 1 aromatic rings. The van der Waals surface area contributed by atoms with Gasteiger partial charge in [-0.1, -0.05) is 20.8 Å². The SMILES string of the molecule is CCCNCC(C)(C)COCCCc1ccncc1. The highest BCUT2D eigenvalue weighted by molar-refractivity contribution is 5.09. The molecule has 0 fully saturated rings. The number of rotatable bonds is 10. The van der Waals surface area contributed by atoms with Crippen LogP contribution in [0.5, 0.6) is 0 Å². The predicted molar refractivity (Wildman–Crippen MR) is 80.3 cm³/mol. The highest BCUT2D eigenvalue weighted by Crippen LogP contribution is 2.14. The molecule has 0 aromatic carbocycles. The maximum absolute atomic E-state index is 5.80. The van der Waals surface area contributed by atoms with Crippen LogP contribution in [0, 0.1) is 5.41 Å². The molecule has 3 heteroatoms. The lowest BCUT2D eigenvalue weighted by Crippen LogP contribution is -2.33. The minimum absolute atomic E-state index is 0.214. The molecule has 1 aromatic heterocycles. The normalized spacial score (nSPS) is 11.7. The molecule has 0 aliphatic rings. The van der Waals surface area contributed by atoms with Gasteiger partial charge in [0.1, 0.15) is 0 Å². The van der Waals surface area contributed by atoms with E-state index in [2.05, 4.69) is 43.2 Å². The third-order valence-corrected chi connectivity index (χ3v) is 3.03. The third-order valence-electron chi connectivity index (χ3n) is 3.03. The van der Waals surface area contributed by atoms with Gasteiger partial charge in [-0.05, 0) is 43.5 Å². The van der Waals surface area contributed by atoms with Crippen LogP contribution in [0.3, 0.4) is 0 Å². The molecule has 0 unspecified atom stereocenters. The van der Waals surface area contributed by atoms with Crippen LogP contribution in [0.4, 0.5) is 0 Å². The molecule has 0 atom stereocenters. The summed E-state index contributed by atoms with van der Waals surface area (Å²) >= 11 is 0.